The fourth-order valence-corrected chi connectivity index (χ4v) is 9.38. The van der Waals surface area contributed by atoms with Crippen molar-refractivity contribution in [2.75, 3.05) is 16.8 Å². The number of esters is 1. The third-order valence-electron chi connectivity index (χ3n) is 8.59. The summed E-state index contributed by atoms with van der Waals surface area (Å²) in [5, 5.41) is 7.35. The Balaban J connectivity index is 1.36. The number of sulfonamides is 1. The van der Waals surface area contributed by atoms with Gasteiger partial charge in [-0.2, -0.15) is 0 Å². The predicted octanol–water partition coefficient (Wildman–Crippen LogP) is 4.47. The van der Waals surface area contributed by atoms with E-state index in [0.717, 1.165) is 39.1 Å². The van der Waals surface area contributed by atoms with Crippen molar-refractivity contribution in [2.24, 2.45) is 11.1 Å². The minimum Gasteiger partial charge on any atom is -0.462 e. The Morgan fingerprint density at radius 1 is 0.920 bits per heavy atom. The Labute approximate surface area is 296 Å². The molecule has 2 unspecified atom stereocenters. The molecule has 12 nitrogen and oxygen atoms in total. The number of thioether (sulfide) groups is 1. The highest BCUT2D eigenvalue weighted by molar-refractivity contribution is 8.00. The van der Waals surface area contributed by atoms with Crippen molar-refractivity contribution in [3.05, 3.63) is 104 Å². The second kappa shape index (κ2) is 13.3. The van der Waals surface area contributed by atoms with Crippen molar-refractivity contribution < 1.29 is 32.3 Å². The number of imide groups is 1. The summed E-state index contributed by atoms with van der Waals surface area (Å²) >= 11 is 2.02. The van der Waals surface area contributed by atoms with Gasteiger partial charge in [-0.3, -0.25) is 23.7 Å². The van der Waals surface area contributed by atoms with Crippen LogP contribution in [0.4, 0.5) is 11.4 Å². The molecule has 3 aromatic carbocycles. The second-order valence-corrected chi connectivity index (χ2v) is 16.6. The SMILES string of the molecule is CCOC(=O)c1ccc(N2C(=O)C3Sc4c(sc(=O)n4CC(=O)Nc4ccc(S(N)(=O)=O)cc4)[C@H](c4ccc(C(C)(C)C)cc4)C3C2=O)cc1. The number of thiazole rings is 1. The van der Waals surface area contributed by atoms with Crippen molar-refractivity contribution in [3.63, 3.8) is 0 Å². The third-order valence-corrected chi connectivity index (χ3v) is 12.1. The molecule has 3 amide bonds. The molecule has 15 heteroatoms. The topological polar surface area (TPSA) is 175 Å². The van der Waals surface area contributed by atoms with Gasteiger partial charge in [0.1, 0.15) is 11.8 Å². The average Bonchev–Trinajstić information content (AvgIpc) is 3.50. The number of carbonyl (C=O) groups is 4. The Morgan fingerprint density at radius 2 is 1.56 bits per heavy atom. The van der Waals surface area contributed by atoms with E-state index in [0.29, 0.717) is 21.3 Å². The minimum atomic E-state index is -3.92. The molecular weight excluding hydrogens is 701 g/mol. The van der Waals surface area contributed by atoms with E-state index in [2.05, 4.69) is 26.1 Å². The quantitative estimate of drug-likeness (QED) is 0.196. The van der Waals surface area contributed by atoms with E-state index in [1.54, 1.807) is 6.92 Å². The van der Waals surface area contributed by atoms with Gasteiger partial charge in [0.25, 0.3) is 0 Å². The molecule has 0 radical (unpaired) electrons. The van der Waals surface area contributed by atoms with Crippen LogP contribution in [0.5, 0.6) is 0 Å². The Morgan fingerprint density at radius 3 is 2.14 bits per heavy atom. The maximum atomic E-state index is 14.3. The van der Waals surface area contributed by atoms with Crippen LogP contribution >= 0.6 is 23.1 Å². The van der Waals surface area contributed by atoms with Gasteiger partial charge in [-0.25, -0.2) is 23.3 Å². The lowest BCUT2D eigenvalue weighted by Gasteiger charge is -2.31. The monoisotopic (exact) mass is 734 g/mol. The van der Waals surface area contributed by atoms with Gasteiger partial charge < -0.3 is 10.1 Å². The number of rotatable bonds is 8. The van der Waals surface area contributed by atoms with Crippen LogP contribution < -0.4 is 20.2 Å². The Kier molecular flexibility index (Phi) is 9.37. The highest BCUT2D eigenvalue weighted by Gasteiger charge is 2.56. The number of hydrogen-bond acceptors (Lipinski definition) is 10. The summed E-state index contributed by atoms with van der Waals surface area (Å²) in [5.41, 5.74) is 2.57. The van der Waals surface area contributed by atoms with Crippen LogP contribution in [0.3, 0.4) is 0 Å². The number of ether oxygens (including phenoxy) is 1. The molecule has 1 saturated heterocycles. The highest BCUT2D eigenvalue weighted by Crippen LogP contribution is 2.54. The summed E-state index contributed by atoms with van der Waals surface area (Å²) in [6.45, 7) is 7.77. The van der Waals surface area contributed by atoms with Crippen LogP contribution in [0.25, 0.3) is 0 Å². The van der Waals surface area contributed by atoms with Crippen molar-refractivity contribution in [2.45, 2.75) is 60.7 Å². The first-order chi connectivity index (χ1) is 23.6. The number of carbonyl (C=O) groups excluding carboxylic acids is 4. The number of fused-ring (bicyclic) bond motifs is 2. The van der Waals surface area contributed by atoms with E-state index in [4.69, 9.17) is 9.88 Å². The summed E-state index contributed by atoms with van der Waals surface area (Å²) < 4.78 is 29.6. The molecule has 3 N–H and O–H groups in total. The van der Waals surface area contributed by atoms with Crippen LogP contribution in [0.15, 0.2) is 87.5 Å². The lowest BCUT2D eigenvalue weighted by atomic mass is 9.81. The molecule has 0 spiro atoms. The fourth-order valence-electron chi connectivity index (χ4n) is 6.09. The molecule has 260 valence electrons. The predicted molar refractivity (Wildman–Crippen MR) is 190 cm³/mol. The van der Waals surface area contributed by atoms with E-state index in [9.17, 15) is 32.4 Å². The Hall–Kier alpha value is -4.57. The summed E-state index contributed by atoms with van der Waals surface area (Å²) in [6.07, 6.45) is 0. The van der Waals surface area contributed by atoms with Crippen LogP contribution in [0.2, 0.25) is 0 Å². The van der Waals surface area contributed by atoms with Gasteiger partial charge in [0.15, 0.2) is 0 Å². The van der Waals surface area contributed by atoms with Crippen LogP contribution in [0, 0.1) is 5.92 Å². The van der Waals surface area contributed by atoms with E-state index in [-0.39, 0.29) is 29.0 Å². The number of nitrogens with two attached hydrogens (primary N) is 1. The smallest absolute Gasteiger partial charge is 0.338 e. The number of amides is 3. The molecule has 6 rings (SSSR count). The maximum Gasteiger partial charge on any atom is 0.338 e. The summed E-state index contributed by atoms with van der Waals surface area (Å²) in [5.74, 6) is -3.48. The van der Waals surface area contributed by atoms with Gasteiger partial charge >= 0.3 is 10.8 Å². The highest BCUT2D eigenvalue weighted by atomic mass is 32.2. The van der Waals surface area contributed by atoms with Gasteiger partial charge in [0.05, 0.1) is 33.7 Å². The standard InChI is InChI=1S/C35H34N4O8S3/c1-5-47-33(43)20-8-14-23(15-9-20)39-30(41)27-26(19-6-10-21(11-7-19)35(2,3)4)29-32(48-28(27)31(39)42)38(34(44)49-29)18-25(40)37-22-12-16-24(17-13-22)50(36,45)46/h6-17,26-28H,5,18H2,1-4H3,(H,37,40)(H2,36,45,46)/t26-,27?,28?/m1/s1. The van der Waals surface area contributed by atoms with E-state index >= 15 is 0 Å². The number of aromatic nitrogens is 1. The molecule has 50 heavy (non-hydrogen) atoms. The maximum absolute atomic E-state index is 14.3. The molecule has 2 aliphatic heterocycles. The average molecular weight is 735 g/mol. The van der Waals surface area contributed by atoms with Crippen LogP contribution in [-0.2, 0) is 41.1 Å². The van der Waals surface area contributed by atoms with Crippen molar-refractivity contribution in [1.29, 1.82) is 0 Å². The normalized spacial score (nSPS) is 18.8. The van der Waals surface area contributed by atoms with Crippen molar-refractivity contribution >= 4 is 68.2 Å². The minimum absolute atomic E-state index is 0.120. The molecule has 0 bridgehead atoms. The van der Waals surface area contributed by atoms with Crippen molar-refractivity contribution in [3.8, 4) is 0 Å². The molecule has 4 aromatic rings. The van der Waals surface area contributed by atoms with Gasteiger partial charge in [-0.1, -0.05) is 68.1 Å². The first-order valence-corrected chi connectivity index (χ1v) is 18.9. The number of nitrogens with one attached hydrogen (secondary N) is 1. The van der Waals surface area contributed by atoms with Gasteiger partial charge in [0, 0.05) is 16.5 Å². The van der Waals surface area contributed by atoms with Crippen molar-refractivity contribution in [1.82, 2.24) is 4.57 Å². The molecule has 1 fully saturated rings. The third kappa shape index (κ3) is 6.65. The summed E-state index contributed by atoms with van der Waals surface area (Å²) in [7, 11) is -3.92. The second-order valence-electron chi connectivity index (χ2n) is 12.9. The number of hydrogen-bond donors (Lipinski definition) is 2. The van der Waals surface area contributed by atoms with E-state index < -0.39 is 55.7 Å². The zero-order chi connectivity index (χ0) is 36.1. The Bertz CT molecular complexity index is 2170. The van der Waals surface area contributed by atoms with Gasteiger partial charge in [-0.15, -0.1) is 0 Å². The number of benzene rings is 3. The number of primary sulfonamides is 1. The summed E-state index contributed by atoms with van der Waals surface area (Å²) in [4.78, 5) is 68.5. The lowest BCUT2D eigenvalue weighted by Crippen LogP contribution is -2.33. The molecule has 2 aliphatic rings. The first-order valence-electron chi connectivity index (χ1n) is 15.7. The van der Waals surface area contributed by atoms with Gasteiger partial charge in [-0.05, 0) is 72.0 Å². The zero-order valence-corrected chi connectivity index (χ0v) is 30.0. The molecule has 3 atom stereocenters. The number of anilines is 2. The molecular formula is C35H34N4O8S3. The fraction of sp³-hybridized carbons (Fsp3) is 0.286. The lowest BCUT2D eigenvalue weighted by molar-refractivity contribution is -0.122. The molecule has 3 heterocycles. The van der Waals surface area contributed by atoms with Crippen LogP contribution in [-0.4, -0.2) is 48.5 Å². The molecule has 0 saturated carbocycles. The molecule has 1 aromatic heterocycles. The van der Waals surface area contributed by atoms with Gasteiger partial charge in [0.2, 0.25) is 27.7 Å². The zero-order valence-electron chi connectivity index (χ0n) is 27.5. The first kappa shape index (κ1) is 35.3. The van der Waals surface area contributed by atoms with Crippen LogP contribution in [0.1, 0.15) is 60.0 Å². The molecule has 0 aliphatic carbocycles. The number of nitrogens with zero attached hydrogens (tertiary/aromatic N) is 2. The largest absolute Gasteiger partial charge is 0.462 e. The summed E-state index contributed by atoms with van der Waals surface area (Å²) in [6, 6.07) is 19.1. The van der Waals surface area contributed by atoms with E-state index in [1.165, 1.54) is 53.1 Å². The van der Waals surface area contributed by atoms with E-state index in [1.807, 2.05) is 24.3 Å².